The van der Waals surface area contributed by atoms with E-state index in [9.17, 15) is 4.79 Å². The van der Waals surface area contributed by atoms with Crippen LogP contribution in [-0.4, -0.2) is 13.1 Å². The Bertz CT molecular complexity index is 356. The van der Waals surface area contributed by atoms with Crippen LogP contribution >= 0.6 is 0 Å². The van der Waals surface area contributed by atoms with Crippen LogP contribution in [0.2, 0.25) is 0 Å². The van der Waals surface area contributed by atoms with E-state index >= 15 is 0 Å². The van der Waals surface area contributed by atoms with Gasteiger partial charge in [-0.05, 0) is 62.2 Å². The van der Waals surface area contributed by atoms with Gasteiger partial charge in [-0.3, -0.25) is 4.79 Å². The maximum atomic E-state index is 11.5. The normalized spacial score (nSPS) is 33.9. The summed E-state index contributed by atoms with van der Waals surface area (Å²) in [7, 11) is 1.51. The maximum absolute atomic E-state index is 11.5. The van der Waals surface area contributed by atoms with Gasteiger partial charge in [0, 0.05) is 0 Å². The van der Waals surface area contributed by atoms with Crippen LogP contribution in [0.25, 0.3) is 0 Å². The van der Waals surface area contributed by atoms with E-state index in [0.29, 0.717) is 0 Å². The Morgan fingerprint density at radius 1 is 0.800 bits per heavy atom. The second-order valence-electron chi connectivity index (χ2n) is 9.07. The number of rotatable bonds is 3. The third-order valence-electron chi connectivity index (χ3n) is 7.34. The first-order chi connectivity index (χ1) is 12.1. The number of esters is 1. The fourth-order valence-corrected chi connectivity index (χ4v) is 5.35. The quantitative estimate of drug-likeness (QED) is 0.525. The molecule has 2 heteroatoms. The van der Waals surface area contributed by atoms with E-state index in [1.807, 2.05) is 0 Å². The van der Waals surface area contributed by atoms with Gasteiger partial charge >= 0.3 is 5.97 Å². The lowest BCUT2D eigenvalue weighted by Gasteiger charge is -2.36. The molecule has 0 N–H and O–H groups in total. The van der Waals surface area contributed by atoms with Gasteiger partial charge < -0.3 is 4.74 Å². The molecule has 0 aliphatic heterocycles. The van der Waals surface area contributed by atoms with Crippen LogP contribution in [0, 0.1) is 29.6 Å². The SMILES string of the molecule is CCC1CCCCC1.COC(=O)C1CCC(C2CCC(C)CC2)CC1. The van der Waals surface area contributed by atoms with Gasteiger partial charge in [-0.1, -0.05) is 65.2 Å². The summed E-state index contributed by atoms with van der Waals surface area (Å²) in [5.74, 6) is 4.08. The van der Waals surface area contributed by atoms with Crippen LogP contribution in [0.15, 0.2) is 0 Å². The van der Waals surface area contributed by atoms with Crippen molar-refractivity contribution in [1.29, 1.82) is 0 Å². The number of carbonyl (C=O) groups excluding carboxylic acids is 1. The predicted octanol–water partition coefficient (Wildman–Crippen LogP) is 6.77. The van der Waals surface area contributed by atoms with Crippen molar-refractivity contribution in [1.82, 2.24) is 0 Å². The zero-order valence-electron chi connectivity index (χ0n) is 17.1. The van der Waals surface area contributed by atoms with Crippen molar-refractivity contribution in [3.8, 4) is 0 Å². The maximum Gasteiger partial charge on any atom is 0.308 e. The molecule has 25 heavy (non-hydrogen) atoms. The van der Waals surface area contributed by atoms with Gasteiger partial charge in [-0.25, -0.2) is 0 Å². The molecule has 0 unspecified atom stereocenters. The molecule has 0 spiro atoms. The van der Waals surface area contributed by atoms with Crippen molar-refractivity contribution < 1.29 is 9.53 Å². The first-order valence-electron chi connectivity index (χ1n) is 11.2. The smallest absolute Gasteiger partial charge is 0.308 e. The summed E-state index contributed by atoms with van der Waals surface area (Å²) in [6, 6.07) is 0. The van der Waals surface area contributed by atoms with Gasteiger partial charge in [-0.2, -0.15) is 0 Å². The fourth-order valence-electron chi connectivity index (χ4n) is 5.35. The molecule has 3 aliphatic rings. The third-order valence-corrected chi connectivity index (χ3v) is 7.34. The second kappa shape index (κ2) is 11.2. The van der Waals surface area contributed by atoms with Gasteiger partial charge in [0.15, 0.2) is 0 Å². The number of hydrogen-bond acceptors (Lipinski definition) is 2. The van der Waals surface area contributed by atoms with Crippen molar-refractivity contribution in [2.75, 3.05) is 7.11 Å². The number of ether oxygens (including phenoxy) is 1. The van der Waals surface area contributed by atoms with Crippen LogP contribution in [-0.2, 0) is 9.53 Å². The molecular formula is C23H42O2. The molecule has 3 saturated carbocycles. The lowest BCUT2D eigenvalue weighted by Crippen LogP contribution is -2.28. The van der Waals surface area contributed by atoms with Crippen LogP contribution in [0.5, 0.6) is 0 Å². The Labute approximate surface area is 156 Å². The van der Waals surface area contributed by atoms with Crippen LogP contribution in [0.3, 0.4) is 0 Å². The topological polar surface area (TPSA) is 26.3 Å². The Balaban J connectivity index is 0.000000236. The minimum absolute atomic E-state index is 0.0146. The zero-order chi connectivity index (χ0) is 18.1. The van der Waals surface area contributed by atoms with E-state index in [0.717, 1.165) is 36.5 Å². The second-order valence-corrected chi connectivity index (χ2v) is 9.07. The highest BCUT2D eigenvalue weighted by Crippen LogP contribution is 2.41. The Morgan fingerprint density at radius 3 is 1.76 bits per heavy atom. The highest BCUT2D eigenvalue weighted by atomic mass is 16.5. The summed E-state index contributed by atoms with van der Waals surface area (Å²) in [6.45, 7) is 4.69. The highest BCUT2D eigenvalue weighted by Gasteiger charge is 2.32. The standard InChI is InChI=1S/C15H26O2.C8H16/c1-11-3-5-12(6-4-11)13-7-9-14(10-8-13)15(16)17-2;1-2-8-6-4-3-5-7-8/h11-14H,3-10H2,1-2H3;8H,2-7H2,1H3. The molecule has 2 nitrogen and oxygen atoms in total. The van der Waals surface area contributed by atoms with E-state index in [-0.39, 0.29) is 11.9 Å². The summed E-state index contributed by atoms with van der Waals surface area (Å²) in [5, 5.41) is 0. The highest BCUT2D eigenvalue weighted by molar-refractivity contribution is 5.72. The summed E-state index contributed by atoms with van der Waals surface area (Å²) in [5.41, 5.74) is 0. The first kappa shape index (κ1) is 20.8. The molecule has 0 heterocycles. The van der Waals surface area contributed by atoms with Gasteiger partial charge in [0.1, 0.15) is 0 Å². The fraction of sp³-hybridized carbons (Fsp3) is 0.957. The van der Waals surface area contributed by atoms with E-state index in [2.05, 4.69) is 13.8 Å². The Hall–Kier alpha value is -0.530. The number of hydrogen-bond donors (Lipinski definition) is 0. The lowest BCUT2D eigenvalue weighted by molar-refractivity contribution is -0.147. The Morgan fingerprint density at radius 2 is 1.32 bits per heavy atom. The Kier molecular flexibility index (Phi) is 9.34. The van der Waals surface area contributed by atoms with Crippen molar-refractivity contribution >= 4 is 5.97 Å². The molecule has 0 aromatic carbocycles. The average molecular weight is 351 g/mol. The molecule has 146 valence electrons. The molecule has 3 fully saturated rings. The molecule has 3 rings (SSSR count). The minimum Gasteiger partial charge on any atom is -0.469 e. The molecule has 0 atom stereocenters. The van der Waals surface area contributed by atoms with Gasteiger partial charge in [-0.15, -0.1) is 0 Å². The third kappa shape index (κ3) is 6.94. The largest absolute Gasteiger partial charge is 0.469 e. The van der Waals surface area contributed by atoms with Crippen LogP contribution in [0.4, 0.5) is 0 Å². The van der Waals surface area contributed by atoms with Crippen LogP contribution < -0.4 is 0 Å². The summed E-state index contributed by atoms with van der Waals surface area (Å²) < 4.78 is 4.85. The van der Waals surface area contributed by atoms with Crippen molar-refractivity contribution in [3.63, 3.8) is 0 Å². The van der Waals surface area contributed by atoms with E-state index < -0.39 is 0 Å². The van der Waals surface area contributed by atoms with E-state index in [1.165, 1.54) is 84.2 Å². The molecule has 0 radical (unpaired) electrons. The minimum atomic E-state index is 0.0146. The molecule has 0 aromatic heterocycles. The molecule has 0 aromatic rings. The molecule has 3 aliphatic carbocycles. The predicted molar refractivity (Wildman–Crippen MR) is 105 cm³/mol. The summed E-state index contributed by atoms with van der Waals surface area (Å²) in [6.07, 6.45) is 19.2. The molecule has 0 amide bonds. The zero-order valence-corrected chi connectivity index (χ0v) is 17.1. The number of methoxy groups -OCH3 is 1. The van der Waals surface area contributed by atoms with E-state index in [4.69, 9.17) is 4.74 Å². The summed E-state index contributed by atoms with van der Waals surface area (Å²) in [4.78, 5) is 11.5. The number of carbonyl (C=O) groups is 1. The van der Waals surface area contributed by atoms with Crippen molar-refractivity contribution in [3.05, 3.63) is 0 Å². The monoisotopic (exact) mass is 350 g/mol. The van der Waals surface area contributed by atoms with Crippen LogP contribution in [0.1, 0.15) is 104 Å². The van der Waals surface area contributed by atoms with Crippen molar-refractivity contribution in [2.24, 2.45) is 29.6 Å². The van der Waals surface area contributed by atoms with Gasteiger partial charge in [0.25, 0.3) is 0 Å². The molecule has 0 bridgehead atoms. The van der Waals surface area contributed by atoms with Gasteiger partial charge in [0.2, 0.25) is 0 Å². The molecular weight excluding hydrogens is 308 g/mol. The van der Waals surface area contributed by atoms with Crippen molar-refractivity contribution in [2.45, 2.75) is 104 Å². The first-order valence-corrected chi connectivity index (χ1v) is 11.2. The summed E-state index contributed by atoms with van der Waals surface area (Å²) >= 11 is 0. The van der Waals surface area contributed by atoms with Gasteiger partial charge in [0.05, 0.1) is 13.0 Å². The molecule has 0 saturated heterocycles. The lowest BCUT2D eigenvalue weighted by atomic mass is 9.69. The van der Waals surface area contributed by atoms with E-state index in [1.54, 1.807) is 0 Å². The average Bonchev–Trinajstić information content (AvgIpc) is 2.69.